The van der Waals surface area contributed by atoms with Crippen LogP contribution in [0.2, 0.25) is 0 Å². The molecule has 0 saturated carbocycles. The molecule has 0 spiro atoms. The van der Waals surface area contributed by atoms with Gasteiger partial charge in [0.25, 0.3) is 0 Å². The summed E-state index contributed by atoms with van der Waals surface area (Å²) in [6.45, 7) is 5.19. The predicted molar refractivity (Wildman–Crippen MR) is 79.7 cm³/mol. The van der Waals surface area contributed by atoms with Crippen LogP contribution in [-0.2, 0) is 33.9 Å². The summed E-state index contributed by atoms with van der Waals surface area (Å²) in [5.74, 6) is -0.853. The van der Waals surface area contributed by atoms with Gasteiger partial charge in [-0.05, 0) is 33.6 Å². The number of esters is 1. The Morgan fingerprint density at radius 2 is 1.95 bits per heavy atom. The first kappa shape index (κ1) is 17.7. The van der Waals surface area contributed by atoms with E-state index in [1.807, 2.05) is 0 Å². The van der Waals surface area contributed by atoms with Gasteiger partial charge >= 0.3 is 5.97 Å². The maximum Gasteiger partial charge on any atom is 0.309 e. The van der Waals surface area contributed by atoms with Crippen molar-refractivity contribution in [2.45, 2.75) is 61.1 Å². The summed E-state index contributed by atoms with van der Waals surface area (Å²) < 4.78 is 58.0. The molecule has 22 heavy (non-hydrogen) atoms. The summed E-state index contributed by atoms with van der Waals surface area (Å²) in [6, 6.07) is 0. The van der Waals surface area contributed by atoms with Crippen LogP contribution in [-0.4, -0.2) is 56.7 Å². The van der Waals surface area contributed by atoms with Crippen molar-refractivity contribution >= 4 is 25.6 Å². The topological polar surface area (TPSA) is 104 Å². The lowest BCUT2D eigenvalue weighted by Gasteiger charge is -2.53. The molecule has 7 nitrogen and oxygen atoms in total. The van der Waals surface area contributed by atoms with Gasteiger partial charge in [-0.3, -0.25) is 4.79 Å². The molecule has 0 amide bonds. The highest BCUT2D eigenvalue weighted by Gasteiger charge is 2.75. The Balaban J connectivity index is 2.41. The lowest BCUT2D eigenvalue weighted by molar-refractivity contribution is -0.156. The van der Waals surface area contributed by atoms with E-state index in [1.165, 1.54) is 0 Å². The van der Waals surface area contributed by atoms with Crippen LogP contribution >= 0.6 is 0 Å². The molecule has 0 unspecified atom stereocenters. The molecule has 0 aromatic heterocycles. The van der Waals surface area contributed by atoms with Crippen LogP contribution in [0.5, 0.6) is 0 Å². The molecule has 0 N–H and O–H groups in total. The van der Waals surface area contributed by atoms with Gasteiger partial charge in [-0.2, -0.15) is 0 Å². The normalized spacial score (nSPS) is 34.4. The maximum atomic E-state index is 12.6. The maximum absolute atomic E-state index is 12.6. The Hall–Kier alpha value is -0.670. The largest absolute Gasteiger partial charge is 0.460 e. The predicted octanol–water partition coefficient (Wildman–Crippen LogP) is 0.435. The minimum Gasteiger partial charge on any atom is -0.460 e. The third kappa shape index (κ3) is 2.56. The van der Waals surface area contributed by atoms with Crippen molar-refractivity contribution in [2.24, 2.45) is 0 Å². The number of hydrogen-bond acceptors (Lipinski definition) is 7. The second kappa shape index (κ2) is 5.17. The fourth-order valence-corrected chi connectivity index (χ4v) is 8.62. The first-order valence-corrected chi connectivity index (χ1v) is 10.5. The second-order valence-corrected chi connectivity index (χ2v) is 11.8. The minimum atomic E-state index is -4.07. The molecule has 9 heteroatoms. The molecule has 0 aromatic carbocycles. The van der Waals surface area contributed by atoms with Gasteiger partial charge in [0.1, 0.15) is 11.7 Å². The lowest BCUT2D eigenvalue weighted by atomic mass is 10.0. The summed E-state index contributed by atoms with van der Waals surface area (Å²) in [4.78, 5) is 12.1. The molecular formula is C13H22O7S2. The number of hydrogen-bond donors (Lipinski definition) is 0. The average molecular weight is 354 g/mol. The third-order valence-electron chi connectivity index (χ3n) is 4.02. The van der Waals surface area contributed by atoms with Gasteiger partial charge in [-0.1, -0.05) is 0 Å². The Morgan fingerprint density at radius 3 is 2.45 bits per heavy atom. The first-order chi connectivity index (χ1) is 9.83. The minimum absolute atomic E-state index is 0.294. The number of carbonyl (C=O) groups is 1. The highest BCUT2D eigenvalue weighted by molar-refractivity contribution is 8.11. The summed E-state index contributed by atoms with van der Waals surface area (Å²) in [5.41, 5.74) is -0.823. The molecule has 2 fully saturated rings. The second-order valence-electron chi connectivity index (χ2n) is 6.86. The molecule has 0 aromatic rings. The summed E-state index contributed by atoms with van der Waals surface area (Å²) >= 11 is 0. The molecule has 0 radical (unpaired) electrons. The molecule has 0 bridgehead atoms. The number of ether oxygens (including phenoxy) is 2. The third-order valence-corrected chi connectivity index (χ3v) is 9.88. The summed E-state index contributed by atoms with van der Waals surface area (Å²) in [6.07, 6.45) is 0.0369. The van der Waals surface area contributed by atoms with Crippen molar-refractivity contribution in [1.82, 2.24) is 0 Å². The van der Waals surface area contributed by atoms with E-state index in [2.05, 4.69) is 0 Å². The fourth-order valence-electron chi connectivity index (χ4n) is 3.16. The Kier molecular flexibility index (Phi) is 4.16. The molecule has 0 aliphatic carbocycles. The molecule has 128 valence electrons. The van der Waals surface area contributed by atoms with E-state index in [0.29, 0.717) is 19.4 Å². The molecule has 3 atom stereocenters. The van der Waals surface area contributed by atoms with Crippen LogP contribution in [0.25, 0.3) is 0 Å². The van der Waals surface area contributed by atoms with Crippen molar-refractivity contribution in [3.63, 3.8) is 0 Å². The molecule has 2 aliphatic rings. The van der Waals surface area contributed by atoms with E-state index in [9.17, 15) is 21.6 Å². The summed E-state index contributed by atoms with van der Waals surface area (Å²) in [7, 11) is -8.08. The van der Waals surface area contributed by atoms with E-state index < -0.39 is 53.1 Å². The molecular weight excluding hydrogens is 332 g/mol. The Morgan fingerprint density at radius 1 is 1.36 bits per heavy atom. The fraction of sp³-hybridized carbons (Fsp3) is 0.923. The SMILES string of the molecule is CC(C)(C)OC(=O)C[C@@]1(S(C)(=O)=O)[C@@H]2OCCC[C@@H]2S1(=O)=O. The first-order valence-electron chi connectivity index (χ1n) is 7.09. The van der Waals surface area contributed by atoms with Crippen molar-refractivity contribution in [3.8, 4) is 0 Å². The van der Waals surface area contributed by atoms with Crippen molar-refractivity contribution in [1.29, 1.82) is 0 Å². The smallest absolute Gasteiger partial charge is 0.309 e. The van der Waals surface area contributed by atoms with E-state index in [-0.39, 0.29) is 0 Å². The Labute approximate surface area is 131 Å². The molecule has 2 rings (SSSR count). The van der Waals surface area contributed by atoms with Crippen LogP contribution < -0.4 is 0 Å². The highest BCUT2D eigenvalue weighted by Crippen LogP contribution is 2.52. The van der Waals surface area contributed by atoms with Gasteiger partial charge in [0.15, 0.2) is 19.7 Å². The van der Waals surface area contributed by atoms with Crippen molar-refractivity contribution in [3.05, 3.63) is 0 Å². The van der Waals surface area contributed by atoms with E-state index in [1.54, 1.807) is 20.8 Å². The summed E-state index contributed by atoms with van der Waals surface area (Å²) in [5, 5.41) is -0.849. The quantitative estimate of drug-likeness (QED) is 0.677. The van der Waals surface area contributed by atoms with Gasteiger partial charge in [0.05, 0.1) is 11.7 Å². The molecule has 2 saturated heterocycles. The number of rotatable bonds is 3. The zero-order chi connectivity index (χ0) is 17.0. The molecule has 2 heterocycles. The van der Waals surface area contributed by atoms with Crippen LogP contribution in [0.4, 0.5) is 0 Å². The zero-order valence-corrected chi connectivity index (χ0v) is 14.8. The Bertz CT molecular complexity index is 672. The van der Waals surface area contributed by atoms with Crippen molar-refractivity contribution < 1.29 is 31.1 Å². The lowest BCUT2D eigenvalue weighted by Crippen LogP contribution is -2.75. The molecule has 2 aliphatic heterocycles. The van der Waals surface area contributed by atoms with Crippen LogP contribution in [0.1, 0.15) is 40.0 Å². The van der Waals surface area contributed by atoms with E-state index >= 15 is 0 Å². The van der Waals surface area contributed by atoms with Crippen LogP contribution in [0.15, 0.2) is 0 Å². The number of fused-ring (bicyclic) bond motifs is 1. The number of carbonyl (C=O) groups excluding carboxylic acids is 1. The van der Waals surface area contributed by atoms with Crippen LogP contribution in [0.3, 0.4) is 0 Å². The van der Waals surface area contributed by atoms with Gasteiger partial charge in [0.2, 0.25) is 4.08 Å². The highest BCUT2D eigenvalue weighted by atomic mass is 32.3. The number of sulfone groups is 2. The standard InChI is InChI=1S/C13H22O7S2/c1-12(2,3)20-10(14)8-13(21(4,15)16)11-9(22(13,17)18)6-5-7-19-11/h9,11H,5-8H2,1-4H3/t9-,11+,13-/m0/s1. The zero-order valence-electron chi connectivity index (χ0n) is 13.2. The average Bonchev–Trinajstić information content (AvgIpc) is 2.32. The van der Waals surface area contributed by atoms with Gasteiger partial charge in [-0.15, -0.1) is 0 Å². The van der Waals surface area contributed by atoms with Crippen molar-refractivity contribution in [2.75, 3.05) is 12.9 Å². The van der Waals surface area contributed by atoms with E-state index in [0.717, 1.165) is 6.26 Å². The monoisotopic (exact) mass is 354 g/mol. The van der Waals surface area contributed by atoms with E-state index in [4.69, 9.17) is 9.47 Å². The van der Waals surface area contributed by atoms with Gasteiger partial charge in [-0.25, -0.2) is 16.8 Å². The van der Waals surface area contributed by atoms with Crippen LogP contribution in [0, 0.1) is 0 Å². The van der Waals surface area contributed by atoms with Gasteiger partial charge < -0.3 is 9.47 Å². The van der Waals surface area contributed by atoms with Gasteiger partial charge in [0, 0.05) is 12.9 Å².